The van der Waals surface area contributed by atoms with Crippen LogP contribution >= 0.6 is 0 Å². The highest BCUT2D eigenvalue weighted by atomic mass is 16.5. The van der Waals surface area contributed by atoms with Crippen molar-refractivity contribution in [1.82, 2.24) is 0 Å². The first-order valence-electron chi connectivity index (χ1n) is 4.35. The highest BCUT2D eigenvalue weighted by molar-refractivity contribution is 4.38. The molecule has 0 fully saturated rings. The molecule has 0 bridgehead atoms. The van der Waals surface area contributed by atoms with Crippen LogP contribution in [0, 0.1) is 6.92 Å². The maximum absolute atomic E-state index is 5.27. The smallest absolute Gasteiger partial charge is 0.0700 e. The van der Waals surface area contributed by atoms with E-state index < -0.39 is 0 Å². The maximum atomic E-state index is 5.27. The first-order chi connectivity index (χ1) is 5.91. The van der Waals surface area contributed by atoms with Gasteiger partial charge in [-0.15, -0.1) is 0 Å². The first kappa shape index (κ1) is 11.9. The van der Waals surface area contributed by atoms with E-state index in [4.69, 9.17) is 14.2 Å². The van der Waals surface area contributed by atoms with Crippen LogP contribution < -0.4 is 0 Å². The summed E-state index contributed by atoms with van der Waals surface area (Å²) in [5, 5.41) is 0. The molecule has 0 atom stereocenters. The van der Waals surface area contributed by atoms with Gasteiger partial charge >= 0.3 is 0 Å². The van der Waals surface area contributed by atoms with Crippen molar-refractivity contribution in [3.63, 3.8) is 0 Å². The molecule has 0 saturated carbocycles. The third-order valence-electron chi connectivity index (χ3n) is 1.40. The summed E-state index contributed by atoms with van der Waals surface area (Å²) in [7, 11) is 1.71. The van der Waals surface area contributed by atoms with Crippen molar-refractivity contribution in [2.24, 2.45) is 0 Å². The SMILES string of the molecule is [CH2]COCCOCCCCOC. The Hall–Kier alpha value is -0.120. The van der Waals surface area contributed by atoms with Crippen molar-refractivity contribution in [1.29, 1.82) is 0 Å². The topological polar surface area (TPSA) is 27.7 Å². The molecule has 73 valence electrons. The fraction of sp³-hybridized carbons (Fsp3) is 0.889. The summed E-state index contributed by atoms with van der Waals surface area (Å²) in [6.45, 7) is 7.00. The van der Waals surface area contributed by atoms with Gasteiger partial charge in [-0.1, -0.05) is 0 Å². The Morgan fingerprint density at radius 3 is 2.25 bits per heavy atom. The molecule has 0 spiro atoms. The summed E-state index contributed by atoms with van der Waals surface area (Å²) in [6.07, 6.45) is 2.12. The van der Waals surface area contributed by atoms with E-state index in [1.807, 2.05) is 0 Å². The van der Waals surface area contributed by atoms with E-state index in [0.29, 0.717) is 19.8 Å². The normalized spacial score (nSPS) is 10.5. The molecular weight excluding hydrogens is 156 g/mol. The van der Waals surface area contributed by atoms with Gasteiger partial charge in [0.05, 0.1) is 13.2 Å². The van der Waals surface area contributed by atoms with Gasteiger partial charge in [-0.3, -0.25) is 0 Å². The average molecular weight is 175 g/mol. The number of methoxy groups -OCH3 is 1. The van der Waals surface area contributed by atoms with Crippen LogP contribution in [0.25, 0.3) is 0 Å². The summed E-state index contributed by atoms with van der Waals surface area (Å²) in [5.41, 5.74) is 0. The van der Waals surface area contributed by atoms with Crippen LogP contribution in [0.4, 0.5) is 0 Å². The van der Waals surface area contributed by atoms with E-state index in [0.717, 1.165) is 26.1 Å². The highest BCUT2D eigenvalue weighted by Gasteiger charge is 1.89. The van der Waals surface area contributed by atoms with Crippen molar-refractivity contribution in [3.8, 4) is 0 Å². The Morgan fingerprint density at radius 1 is 0.917 bits per heavy atom. The molecule has 0 saturated heterocycles. The van der Waals surface area contributed by atoms with E-state index in [2.05, 4.69) is 6.92 Å². The van der Waals surface area contributed by atoms with Gasteiger partial charge in [-0.05, 0) is 19.8 Å². The molecule has 0 N–H and O–H groups in total. The van der Waals surface area contributed by atoms with Crippen molar-refractivity contribution in [2.45, 2.75) is 12.8 Å². The van der Waals surface area contributed by atoms with E-state index >= 15 is 0 Å². The Labute approximate surface area is 75.0 Å². The highest BCUT2D eigenvalue weighted by Crippen LogP contribution is 1.90. The van der Waals surface area contributed by atoms with Crippen LogP contribution in [-0.4, -0.2) is 40.1 Å². The fourth-order valence-electron chi connectivity index (χ4n) is 0.772. The zero-order valence-electron chi connectivity index (χ0n) is 7.88. The van der Waals surface area contributed by atoms with Gasteiger partial charge in [-0.25, -0.2) is 0 Å². The largest absolute Gasteiger partial charge is 0.385 e. The second-order valence-corrected chi connectivity index (χ2v) is 2.42. The fourth-order valence-corrected chi connectivity index (χ4v) is 0.772. The quantitative estimate of drug-likeness (QED) is 0.494. The maximum Gasteiger partial charge on any atom is 0.0700 e. The van der Waals surface area contributed by atoms with Crippen molar-refractivity contribution < 1.29 is 14.2 Å². The predicted octanol–water partition coefficient (Wildman–Crippen LogP) is 1.28. The molecule has 0 heterocycles. The Balaban J connectivity index is 2.73. The molecule has 0 aromatic heterocycles. The Bertz CT molecular complexity index is 66.2. The molecule has 1 radical (unpaired) electrons. The van der Waals surface area contributed by atoms with Crippen LogP contribution in [0.15, 0.2) is 0 Å². The predicted molar refractivity (Wildman–Crippen MR) is 48.1 cm³/mol. The number of hydrogen-bond acceptors (Lipinski definition) is 3. The molecule has 0 aromatic carbocycles. The average Bonchev–Trinajstić information content (AvgIpc) is 2.10. The van der Waals surface area contributed by atoms with Gasteiger partial charge in [0.25, 0.3) is 0 Å². The minimum Gasteiger partial charge on any atom is -0.385 e. The van der Waals surface area contributed by atoms with E-state index in [-0.39, 0.29) is 0 Å². The Morgan fingerprint density at radius 2 is 1.58 bits per heavy atom. The zero-order valence-corrected chi connectivity index (χ0v) is 7.88. The molecule has 3 nitrogen and oxygen atoms in total. The molecule has 0 amide bonds. The lowest BCUT2D eigenvalue weighted by atomic mass is 10.3. The van der Waals surface area contributed by atoms with Gasteiger partial charge in [0, 0.05) is 26.9 Å². The first-order valence-corrected chi connectivity index (χ1v) is 4.35. The summed E-state index contributed by atoms with van der Waals surface area (Å²) in [6, 6.07) is 0. The second-order valence-electron chi connectivity index (χ2n) is 2.42. The van der Waals surface area contributed by atoms with E-state index in [9.17, 15) is 0 Å². The van der Waals surface area contributed by atoms with Gasteiger partial charge in [0.2, 0.25) is 0 Å². The van der Waals surface area contributed by atoms with Crippen molar-refractivity contribution >= 4 is 0 Å². The third-order valence-corrected chi connectivity index (χ3v) is 1.40. The molecule has 0 unspecified atom stereocenters. The van der Waals surface area contributed by atoms with Crippen molar-refractivity contribution in [2.75, 3.05) is 40.1 Å². The lowest BCUT2D eigenvalue weighted by Crippen LogP contribution is -2.05. The molecule has 3 heteroatoms. The summed E-state index contributed by atoms with van der Waals surface area (Å²) in [4.78, 5) is 0. The number of unbranched alkanes of at least 4 members (excludes halogenated alkanes) is 1. The molecule has 0 rings (SSSR count). The lowest BCUT2D eigenvalue weighted by Gasteiger charge is -2.03. The lowest BCUT2D eigenvalue weighted by molar-refractivity contribution is 0.0539. The van der Waals surface area contributed by atoms with Crippen LogP contribution in [0.1, 0.15) is 12.8 Å². The van der Waals surface area contributed by atoms with E-state index in [1.165, 1.54) is 0 Å². The molecule has 12 heavy (non-hydrogen) atoms. The number of rotatable bonds is 9. The van der Waals surface area contributed by atoms with Gasteiger partial charge < -0.3 is 14.2 Å². The zero-order chi connectivity index (χ0) is 9.07. The van der Waals surface area contributed by atoms with Crippen molar-refractivity contribution in [3.05, 3.63) is 6.92 Å². The van der Waals surface area contributed by atoms with Gasteiger partial charge in [-0.2, -0.15) is 0 Å². The van der Waals surface area contributed by atoms with Gasteiger partial charge in [0.1, 0.15) is 0 Å². The molecule has 0 aromatic rings. The Kier molecular flexibility index (Phi) is 10.8. The van der Waals surface area contributed by atoms with E-state index in [1.54, 1.807) is 7.11 Å². The van der Waals surface area contributed by atoms with Crippen LogP contribution in [0.5, 0.6) is 0 Å². The molecule has 0 aliphatic heterocycles. The molecule has 0 aliphatic carbocycles. The summed E-state index contributed by atoms with van der Waals surface area (Å²) >= 11 is 0. The van der Waals surface area contributed by atoms with Crippen LogP contribution in [0.3, 0.4) is 0 Å². The summed E-state index contributed by atoms with van der Waals surface area (Å²) in [5.74, 6) is 0. The molecular formula is C9H19O3. The minimum atomic E-state index is 0.521. The van der Waals surface area contributed by atoms with Crippen LogP contribution in [0.2, 0.25) is 0 Å². The second kappa shape index (κ2) is 10.9. The van der Waals surface area contributed by atoms with Gasteiger partial charge in [0.15, 0.2) is 0 Å². The third kappa shape index (κ3) is 9.88. The minimum absolute atomic E-state index is 0.521. The molecule has 0 aliphatic rings. The number of ether oxygens (including phenoxy) is 3. The number of hydrogen-bond donors (Lipinski definition) is 0. The summed E-state index contributed by atoms with van der Waals surface area (Å²) < 4.78 is 15.2. The monoisotopic (exact) mass is 175 g/mol. The van der Waals surface area contributed by atoms with Crippen LogP contribution in [-0.2, 0) is 14.2 Å². The standard InChI is InChI=1S/C9H19O3/c1-3-11-8-9-12-7-5-4-6-10-2/h1,3-9H2,2H3.